The fourth-order valence-electron chi connectivity index (χ4n) is 3.84. The van der Waals surface area contributed by atoms with Crippen molar-refractivity contribution in [3.63, 3.8) is 0 Å². The average Bonchev–Trinajstić information content (AvgIpc) is 3.05. The van der Waals surface area contributed by atoms with Gasteiger partial charge in [-0.05, 0) is 37.3 Å². The maximum Gasteiger partial charge on any atom is 0.224 e. The molecule has 1 saturated heterocycles. The van der Waals surface area contributed by atoms with E-state index in [1.54, 1.807) is 6.26 Å². The molecule has 0 spiro atoms. The van der Waals surface area contributed by atoms with Crippen molar-refractivity contribution in [3.05, 3.63) is 35.1 Å². The minimum Gasteiger partial charge on any atom is -0.464 e. The van der Waals surface area contributed by atoms with Crippen molar-refractivity contribution in [2.75, 3.05) is 32.8 Å². The SMILES string of the molecule is Cc1ccc2c(CC(=O)NCC(CC(C)C)N3CCOCC3)coc2c1C. The van der Waals surface area contributed by atoms with Crippen LogP contribution in [-0.2, 0) is 16.0 Å². The van der Waals surface area contributed by atoms with Gasteiger partial charge in [0.25, 0.3) is 0 Å². The van der Waals surface area contributed by atoms with Crippen LogP contribution >= 0.6 is 0 Å². The van der Waals surface area contributed by atoms with Crippen LogP contribution in [0.2, 0.25) is 0 Å². The van der Waals surface area contributed by atoms with Crippen LogP contribution in [0, 0.1) is 19.8 Å². The van der Waals surface area contributed by atoms with Gasteiger partial charge in [-0.1, -0.05) is 26.0 Å². The molecule has 1 aliphatic heterocycles. The second-order valence-electron chi connectivity index (χ2n) is 8.06. The molecule has 27 heavy (non-hydrogen) atoms. The molecule has 0 bridgehead atoms. The van der Waals surface area contributed by atoms with Gasteiger partial charge in [-0.3, -0.25) is 9.69 Å². The highest BCUT2D eigenvalue weighted by Crippen LogP contribution is 2.26. The summed E-state index contributed by atoms with van der Waals surface area (Å²) < 4.78 is 11.2. The van der Waals surface area contributed by atoms with Crippen LogP contribution in [0.4, 0.5) is 0 Å². The maximum atomic E-state index is 12.6. The van der Waals surface area contributed by atoms with Crippen LogP contribution in [0.1, 0.15) is 37.0 Å². The molecule has 0 aliphatic carbocycles. The van der Waals surface area contributed by atoms with Crippen LogP contribution in [0.3, 0.4) is 0 Å². The Morgan fingerprint density at radius 3 is 2.67 bits per heavy atom. The van der Waals surface area contributed by atoms with E-state index in [0.29, 0.717) is 24.9 Å². The molecule has 1 unspecified atom stereocenters. The van der Waals surface area contributed by atoms with Gasteiger partial charge in [0.1, 0.15) is 5.58 Å². The van der Waals surface area contributed by atoms with Gasteiger partial charge in [0.2, 0.25) is 5.91 Å². The Bertz CT molecular complexity index is 775. The summed E-state index contributed by atoms with van der Waals surface area (Å²) in [5.74, 6) is 0.650. The van der Waals surface area contributed by atoms with E-state index in [4.69, 9.17) is 9.15 Å². The number of carbonyl (C=O) groups excluding carboxylic acids is 1. The van der Waals surface area contributed by atoms with E-state index < -0.39 is 0 Å². The smallest absolute Gasteiger partial charge is 0.224 e. The first-order chi connectivity index (χ1) is 13.0. The van der Waals surface area contributed by atoms with Gasteiger partial charge < -0.3 is 14.5 Å². The molecule has 1 N–H and O–H groups in total. The Hall–Kier alpha value is -1.85. The fraction of sp³-hybridized carbons (Fsp3) is 0.591. The van der Waals surface area contributed by atoms with Gasteiger partial charge in [-0.2, -0.15) is 0 Å². The van der Waals surface area contributed by atoms with Crippen LogP contribution < -0.4 is 5.32 Å². The Balaban J connectivity index is 1.61. The summed E-state index contributed by atoms with van der Waals surface area (Å²) in [4.78, 5) is 15.0. The quantitative estimate of drug-likeness (QED) is 0.809. The summed E-state index contributed by atoms with van der Waals surface area (Å²) in [7, 11) is 0. The molecule has 1 aromatic carbocycles. The van der Waals surface area contributed by atoms with Crippen molar-refractivity contribution in [2.24, 2.45) is 5.92 Å². The van der Waals surface area contributed by atoms with Crippen molar-refractivity contribution in [2.45, 2.75) is 46.6 Å². The molecule has 1 aliphatic rings. The lowest BCUT2D eigenvalue weighted by Gasteiger charge is -2.35. The number of aryl methyl sites for hydroxylation is 2. The van der Waals surface area contributed by atoms with Crippen LogP contribution in [0.5, 0.6) is 0 Å². The normalized spacial score (nSPS) is 16.8. The van der Waals surface area contributed by atoms with Crippen molar-refractivity contribution in [1.29, 1.82) is 0 Å². The fourth-order valence-corrected chi connectivity index (χ4v) is 3.84. The first-order valence-electron chi connectivity index (χ1n) is 10.0. The topological polar surface area (TPSA) is 54.7 Å². The molecule has 1 amide bonds. The third kappa shape index (κ3) is 4.90. The molecule has 5 heteroatoms. The molecule has 0 saturated carbocycles. The molecule has 1 atom stereocenters. The summed E-state index contributed by atoms with van der Waals surface area (Å²) in [6.45, 7) is 12.7. The summed E-state index contributed by atoms with van der Waals surface area (Å²) in [5, 5.41) is 4.19. The van der Waals surface area contributed by atoms with Gasteiger partial charge in [0, 0.05) is 36.6 Å². The highest BCUT2D eigenvalue weighted by molar-refractivity contribution is 5.89. The second-order valence-corrected chi connectivity index (χ2v) is 8.06. The lowest BCUT2D eigenvalue weighted by Crippen LogP contribution is -2.49. The van der Waals surface area contributed by atoms with E-state index in [9.17, 15) is 4.79 Å². The average molecular weight is 373 g/mol. The van der Waals surface area contributed by atoms with Crippen LogP contribution in [0.25, 0.3) is 11.0 Å². The zero-order valence-electron chi connectivity index (χ0n) is 17.0. The van der Waals surface area contributed by atoms with E-state index in [1.165, 1.54) is 5.56 Å². The van der Waals surface area contributed by atoms with Gasteiger partial charge in [0.05, 0.1) is 25.9 Å². The number of amides is 1. The molecular weight excluding hydrogens is 340 g/mol. The van der Waals surface area contributed by atoms with E-state index >= 15 is 0 Å². The number of hydrogen-bond donors (Lipinski definition) is 1. The Labute approximate surface area is 162 Å². The van der Waals surface area contributed by atoms with Crippen molar-refractivity contribution >= 4 is 16.9 Å². The predicted octanol–water partition coefficient (Wildman–Crippen LogP) is 3.46. The highest BCUT2D eigenvalue weighted by Gasteiger charge is 2.22. The van der Waals surface area contributed by atoms with E-state index in [0.717, 1.165) is 54.8 Å². The molecular formula is C22H32N2O3. The summed E-state index contributed by atoms with van der Waals surface area (Å²) in [6.07, 6.45) is 3.16. The first kappa shape index (κ1) is 19.9. The van der Waals surface area contributed by atoms with E-state index in [2.05, 4.69) is 50.0 Å². The van der Waals surface area contributed by atoms with Crippen molar-refractivity contribution in [3.8, 4) is 0 Å². The van der Waals surface area contributed by atoms with Gasteiger partial charge in [-0.25, -0.2) is 0 Å². The second kappa shape index (κ2) is 8.89. The third-order valence-electron chi connectivity index (χ3n) is 5.53. The zero-order chi connectivity index (χ0) is 19.4. The third-order valence-corrected chi connectivity index (χ3v) is 5.53. The lowest BCUT2D eigenvalue weighted by atomic mass is 10.0. The number of benzene rings is 1. The highest BCUT2D eigenvalue weighted by atomic mass is 16.5. The van der Waals surface area contributed by atoms with Gasteiger partial charge in [-0.15, -0.1) is 0 Å². The summed E-state index contributed by atoms with van der Waals surface area (Å²) in [6, 6.07) is 4.51. The van der Waals surface area contributed by atoms with E-state index in [1.807, 2.05) is 0 Å². The molecule has 2 aromatic rings. The molecule has 2 heterocycles. The Morgan fingerprint density at radius 1 is 1.22 bits per heavy atom. The number of rotatable bonds is 7. The maximum absolute atomic E-state index is 12.6. The molecule has 148 valence electrons. The number of ether oxygens (including phenoxy) is 1. The number of nitrogens with zero attached hydrogens (tertiary/aromatic N) is 1. The summed E-state index contributed by atoms with van der Waals surface area (Å²) >= 11 is 0. The minimum atomic E-state index is 0.0537. The van der Waals surface area contributed by atoms with Crippen LogP contribution in [-0.4, -0.2) is 49.7 Å². The molecule has 1 fully saturated rings. The minimum absolute atomic E-state index is 0.0537. The number of fused-ring (bicyclic) bond motifs is 1. The first-order valence-corrected chi connectivity index (χ1v) is 10.0. The molecule has 5 nitrogen and oxygen atoms in total. The molecule has 0 radical (unpaired) electrons. The monoisotopic (exact) mass is 372 g/mol. The molecule has 1 aromatic heterocycles. The standard InChI is InChI=1S/C22H32N2O3/c1-15(2)11-19(24-7-9-26-10-8-24)13-23-21(25)12-18-14-27-22-17(4)16(3)5-6-20(18)22/h5-6,14-15,19H,7-13H2,1-4H3,(H,23,25). The van der Waals surface area contributed by atoms with Crippen molar-refractivity contribution < 1.29 is 13.9 Å². The predicted molar refractivity (Wildman–Crippen MR) is 108 cm³/mol. The Kier molecular flexibility index (Phi) is 6.55. The van der Waals surface area contributed by atoms with Gasteiger partial charge in [0.15, 0.2) is 0 Å². The number of morpholine rings is 1. The van der Waals surface area contributed by atoms with Gasteiger partial charge >= 0.3 is 0 Å². The zero-order valence-corrected chi connectivity index (χ0v) is 17.0. The number of nitrogens with one attached hydrogen (secondary N) is 1. The Morgan fingerprint density at radius 2 is 1.96 bits per heavy atom. The van der Waals surface area contributed by atoms with Crippen molar-refractivity contribution in [1.82, 2.24) is 10.2 Å². The largest absolute Gasteiger partial charge is 0.464 e. The number of hydrogen-bond acceptors (Lipinski definition) is 4. The molecule has 3 rings (SSSR count). The lowest BCUT2D eigenvalue weighted by molar-refractivity contribution is -0.120. The van der Waals surface area contributed by atoms with Crippen LogP contribution in [0.15, 0.2) is 22.8 Å². The number of carbonyl (C=O) groups is 1. The summed E-state index contributed by atoms with van der Waals surface area (Å²) in [5.41, 5.74) is 4.19. The number of furan rings is 1. The van der Waals surface area contributed by atoms with E-state index in [-0.39, 0.29) is 5.91 Å².